The van der Waals surface area contributed by atoms with Crippen LogP contribution in [0.25, 0.3) is 10.2 Å². The van der Waals surface area contributed by atoms with E-state index in [1.807, 2.05) is 6.07 Å². The Balaban J connectivity index is 1.52. The van der Waals surface area contributed by atoms with Crippen molar-refractivity contribution >= 4 is 43.3 Å². The number of methoxy groups -OCH3 is 1. The number of hydrogen-bond donors (Lipinski definition) is 0. The van der Waals surface area contributed by atoms with Crippen LogP contribution in [0.2, 0.25) is 0 Å². The first-order valence-electron chi connectivity index (χ1n) is 10.7. The minimum Gasteiger partial charge on any atom is -0.486 e. The van der Waals surface area contributed by atoms with E-state index in [-0.39, 0.29) is 30.9 Å². The van der Waals surface area contributed by atoms with Crippen molar-refractivity contribution in [3.8, 4) is 11.5 Å². The molecule has 0 fully saturated rings. The van der Waals surface area contributed by atoms with Gasteiger partial charge in [0.15, 0.2) is 26.1 Å². The quantitative estimate of drug-likeness (QED) is 0.433. The zero-order chi connectivity index (χ0) is 24.1. The number of hydrogen-bond acceptors (Lipinski definition) is 8. The number of ether oxygens (including phenoxy) is 3. The minimum atomic E-state index is -3.35. The van der Waals surface area contributed by atoms with Gasteiger partial charge in [0.1, 0.15) is 19.8 Å². The SMILES string of the molecule is COC(=O)Cn1c(=NC(=O)CCCS(=O)(=O)Cc2ccccc2)sc2cc3c(cc21)OCCO3. The molecule has 0 bridgehead atoms. The van der Waals surface area contributed by atoms with Crippen LogP contribution in [0.3, 0.4) is 0 Å². The van der Waals surface area contributed by atoms with Crippen molar-refractivity contribution in [1.82, 2.24) is 4.57 Å². The van der Waals surface area contributed by atoms with Gasteiger partial charge >= 0.3 is 5.97 Å². The molecule has 180 valence electrons. The van der Waals surface area contributed by atoms with Gasteiger partial charge in [0.25, 0.3) is 0 Å². The van der Waals surface area contributed by atoms with E-state index < -0.39 is 21.7 Å². The summed E-state index contributed by atoms with van der Waals surface area (Å²) >= 11 is 1.23. The van der Waals surface area contributed by atoms with Gasteiger partial charge in [-0.3, -0.25) is 9.59 Å². The lowest BCUT2D eigenvalue weighted by Gasteiger charge is -2.18. The molecule has 0 atom stereocenters. The molecule has 0 spiro atoms. The lowest BCUT2D eigenvalue weighted by atomic mass is 10.2. The van der Waals surface area contributed by atoms with E-state index in [1.54, 1.807) is 41.0 Å². The summed E-state index contributed by atoms with van der Waals surface area (Å²) in [6.45, 7) is 0.727. The summed E-state index contributed by atoms with van der Waals surface area (Å²) in [4.78, 5) is 29.0. The van der Waals surface area contributed by atoms with Crippen LogP contribution in [0.5, 0.6) is 11.5 Å². The molecular weight excluding hydrogens is 480 g/mol. The van der Waals surface area contributed by atoms with Crippen LogP contribution < -0.4 is 14.3 Å². The van der Waals surface area contributed by atoms with Crippen molar-refractivity contribution in [2.24, 2.45) is 4.99 Å². The monoisotopic (exact) mass is 504 g/mol. The number of thiazole rings is 1. The second kappa shape index (κ2) is 10.4. The summed E-state index contributed by atoms with van der Waals surface area (Å²) in [6, 6.07) is 12.5. The van der Waals surface area contributed by atoms with Gasteiger partial charge in [-0.2, -0.15) is 4.99 Å². The molecule has 4 rings (SSSR count). The number of fused-ring (bicyclic) bond motifs is 2. The van der Waals surface area contributed by atoms with Gasteiger partial charge in [-0.15, -0.1) is 0 Å². The predicted molar refractivity (Wildman–Crippen MR) is 127 cm³/mol. The van der Waals surface area contributed by atoms with E-state index in [2.05, 4.69) is 4.99 Å². The molecule has 0 aliphatic carbocycles. The third kappa shape index (κ3) is 5.84. The van der Waals surface area contributed by atoms with E-state index in [9.17, 15) is 18.0 Å². The Kier molecular flexibility index (Phi) is 7.32. The molecule has 1 aromatic heterocycles. The highest BCUT2D eigenvalue weighted by Crippen LogP contribution is 2.35. The molecule has 34 heavy (non-hydrogen) atoms. The number of aromatic nitrogens is 1. The summed E-state index contributed by atoms with van der Waals surface area (Å²) in [5.74, 6) is 0.0129. The average Bonchev–Trinajstić information content (AvgIpc) is 3.13. The van der Waals surface area contributed by atoms with Crippen LogP contribution in [0.1, 0.15) is 18.4 Å². The number of carbonyl (C=O) groups is 2. The molecule has 0 saturated heterocycles. The Labute approximate surface area is 200 Å². The van der Waals surface area contributed by atoms with Crippen LogP contribution in [0, 0.1) is 0 Å². The second-order valence-corrected chi connectivity index (χ2v) is 10.9. The van der Waals surface area contributed by atoms with Gasteiger partial charge in [-0.1, -0.05) is 41.7 Å². The highest BCUT2D eigenvalue weighted by atomic mass is 32.2. The van der Waals surface area contributed by atoms with Crippen LogP contribution in [0.4, 0.5) is 0 Å². The number of carbonyl (C=O) groups excluding carboxylic acids is 2. The zero-order valence-electron chi connectivity index (χ0n) is 18.6. The Morgan fingerprint density at radius 2 is 1.82 bits per heavy atom. The average molecular weight is 505 g/mol. The maximum atomic E-state index is 12.6. The first kappa shape index (κ1) is 24.0. The fourth-order valence-electron chi connectivity index (χ4n) is 3.54. The molecule has 0 radical (unpaired) electrons. The molecule has 3 aromatic rings. The Morgan fingerprint density at radius 1 is 1.12 bits per heavy atom. The van der Waals surface area contributed by atoms with Crippen molar-refractivity contribution in [3.05, 3.63) is 52.8 Å². The lowest BCUT2D eigenvalue weighted by molar-refractivity contribution is -0.141. The van der Waals surface area contributed by atoms with Crippen molar-refractivity contribution < 1.29 is 32.2 Å². The summed E-state index contributed by atoms with van der Waals surface area (Å²) in [5, 5.41) is 0. The van der Waals surface area contributed by atoms with E-state index in [0.29, 0.717) is 40.6 Å². The first-order chi connectivity index (χ1) is 16.3. The molecule has 0 saturated carbocycles. The normalized spacial score (nSPS) is 13.7. The topological polar surface area (TPSA) is 113 Å². The number of amides is 1. The van der Waals surface area contributed by atoms with Crippen molar-refractivity contribution in [2.75, 3.05) is 26.1 Å². The molecule has 0 N–H and O–H groups in total. The van der Waals surface area contributed by atoms with Crippen LogP contribution >= 0.6 is 11.3 Å². The fraction of sp³-hybridized carbons (Fsp3) is 0.348. The Morgan fingerprint density at radius 3 is 2.53 bits per heavy atom. The summed E-state index contributed by atoms with van der Waals surface area (Å²) in [5.41, 5.74) is 1.37. The summed E-state index contributed by atoms with van der Waals surface area (Å²) < 4.78 is 43.1. The van der Waals surface area contributed by atoms with Crippen LogP contribution in [0.15, 0.2) is 47.5 Å². The van der Waals surface area contributed by atoms with E-state index in [1.165, 1.54) is 18.4 Å². The van der Waals surface area contributed by atoms with E-state index in [0.717, 1.165) is 4.70 Å². The number of nitrogens with zero attached hydrogens (tertiary/aromatic N) is 2. The number of rotatable bonds is 8. The number of benzene rings is 2. The van der Waals surface area contributed by atoms with Crippen molar-refractivity contribution in [3.63, 3.8) is 0 Å². The van der Waals surface area contributed by atoms with Gasteiger partial charge in [-0.25, -0.2) is 8.42 Å². The molecule has 1 amide bonds. The van der Waals surface area contributed by atoms with Gasteiger partial charge in [0.05, 0.1) is 28.8 Å². The molecule has 1 aliphatic heterocycles. The number of esters is 1. The Hall–Kier alpha value is -3.18. The molecule has 1 aliphatic rings. The van der Waals surface area contributed by atoms with Gasteiger partial charge < -0.3 is 18.8 Å². The summed E-state index contributed by atoms with van der Waals surface area (Å²) in [7, 11) is -2.06. The molecule has 11 heteroatoms. The lowest BCUT2D eigenvalue weighted by Crippen LogP contribution is -2.22. The van der Waals surface area contributed by atoms with Gasteiger partial charge in [-0.05, 0) is 12.0 Å². The molecule has 0 unspecified atom stereocenters. The smallest absolute Gasteiger partial charge is 0.325 e. The van der Waals surface area contributed by atoms with Crippen LogP contribution in [-0.4, -0.2) is 50.9 Å². The highest BCUT2D eigenvalue weighted by Gasteiger charge is 2.19. The third-order valence-corrected chi connectivity index (χ3v) is 7.88. The van der Waals surface area contributed by atoms with E-state index >= 15 is 0 Å². The van der Waals surface area contributed by atoms with Gasteiger partial charge in [0.2, 0.25) is 5.91 Å². The second-order valence-electron chi connectivity index (χ2n) is 7.70. The van der Waals surface area contributed by atoms with Crippen molar-refractivity contribution in [1.29, 1.82) is 0 Å². The van der Waals surface area contributed by atoms with Crippen molar-refractivity contribution in [2.45, 2.75) is 25.1 Å². The minimum absolute atomic E-state index is 0.0246. The maximum Gasteiger partial charge on any atom is 0.325 e. The summed E-state index contributed by atoms with van der Waals surface area (Å²) in [6.07, 6.45) is 0.137. The molecule has 9 nitrogen and oxygen atoms in total. The maximum absolute atomic E-state index is 12.6. The molecule has 2 aromatic carbocycles. The highest BCUT2D eigenvalue weighted by molar-refractivity contribution is 7.90. The van der Waals surface area contributed by atoms with Crippen LogP contribution in [-0.2, 0) is 36.5 Å². The fourth-order valence-corrected chi connectivity index (χ4v) is 6.03. The molecule has 2 heterocycles. The van der Waals surface area contributed by atoms with E-state index in [4.69, 9.17) is 14.2 Å². The van der Waals surface area contributed by atoms with Gasteiger partial charge in [0, 0.05) is 18.6 Å². The number of sulfone groups is 1. The molecular formula is C23H24N2O7S2. The zero-order valence-corrected chi connectivity index (χ0v) is 20.2. The first-order valence-corrected chi connectivity index (χ1v) is 13.3. The standard InChI is InChI=1S/C23H24N2O7S2/c1-30-22(27)14-25-17-12-18-19(32-10-9-31-18)13-20(17)33-23(25)24-21(26)8-5-11-34(28,29)15-16-6-3-2-4-7-16/h2-4,6-7,12-13H,5,8-11,14-15H2,1H3. The third-order valence-electron chi connectivity index (χ3n) is 5.16. The Bertz CT molecular complexity index is 1380. The largest absolute Gasteiger partial charge is 0.486 e. The predicted octanol–water partition coefficient (Wildman–Crippen LogP) is 2.47.